The monoisotopic (exact) mass is 234 g/mol. The summed E-state index contributed by atoms with van der Waals surface area (Å²) in [5.74, 6) is -0.321. The molecule has 92 valence electrons. The van der Waals surface area contributed by atoms with E-state index >= 15 is 0 Å². The lowest BCUT2D eigenvalue weighted by Gasteiger charge is -2.12. The zero-order valence-electron chi connectivity index (χ0n) is 9.88. The molecule has 0 amide bonds. The quantitative estimate of drug-likeness (QED) is 0.733. The van der Waals surface area contributed by atoms with E-state index in [0.29, 0.717) is 11.5 Å². The molecule has 4 nitrogen and oxygen atoms in total. The van der Waals surface area contributed by atoms with E-state index < -0.39 is 5.97 Å². The van der Waals surface area contributed by atoms with Crippen LogP contribution < -0.4 is 5.32 Å². The number of carbonyl (C=O) groups is 1. The van der Waals surface area contributed by atoms with E-state index in [1.54, 1.807) is 0 Å². The third-order valence-corrected chi connectivity index (χ3v) is 4.05. The van der Waals surface area contributed by atoms with Crippen LogP contribution in [0.1, 0.15) is 58.9 Å². The minimum absolute atomic E-state index is 0.437. The molecule has 2 aliphatic rings. The van der Waals surface area contributed by atoms with Crippen molar-refractivity contribution in [1.82, 2.24) is 10.3 Å². The summed E-state index contributed by atoms with van der Waals surface area (Å²) in [5.41, 5.74) is 3.70. The van der Waals surface area contributed by atoms with E-state index in [-0.39, 0.29) is 0 Å². The van der Waals surface area contributed by atoms with Crippen molar-refractivity contribution in [3.05, 3.63) is 22.5 Å². The maximum Gasteiger partial charge on any atom is 0.337 e. The number of aromatic nitrogens is 1. The maximum atomic E-state index is 11.5. The zero-order chi connectivity index (χ0) is 11.8. The van der Waals surface area contributed by atoms with Gasteiger partial charge in [0.05, 0.1) is 5.56 Å². The molecule has 1 fully saturated rings. The minimum Gasteiger partial charge on any atom is -0.478 e. The van der Waals surface area contributed by atoms with Gasteiger partial charge >= 0.3 is 5.97 Å². The van der Waals surface area contributed by atoms with E-state index in [1.807, 2.05) is 0 Å². The number of rotatable bonds is 2. The number of aromatic carboxylic acids is 1. The molecule has 2 heterocycles. The van der Waals surface area contributed by atoms with Crippen LogP contribution in [0.15, 0.2) is 0 Å². The second-order valence-electron chi connectivity index (χ2n) is 5.08. The molecule has 1 aromatic heterocycles. The fourth-order valence-electron chi connectivity index (χ4n) is 3.23. The predicted molar refractivity (Wildman–Crippen MR) is 64.4 cm³/mol. The van der Waals surface area contributed by atoms with Crippen LogP contribution in [0.25, 0.3) is 0 Å². The van der Waals surface area contributed by atoms with Crippen molar-refractivity contribution >= 4 is 5.97 Å². The Kier molecular flexibility index (Phi) is 2.67. The Hall–Kier alpha value is -1.29. The number of hydrogen-bond acceptors (Lipinski definition) is 2. The number of H-pyrrole nitrogens is 1. The first kappa shape index (κ1) is 10.8. The largest absolute Gasteiger partial charge is 0.478 e. The van der Waals surface area contributed by atoms with Gasteiger partial charge in [-0.15, -0.1) is 0 Å². The van der Waals surface area contributed by atoms with Gasteiger partial charge in [-0.25, -0.2) is 4.79 Å². The van der Waals surface area contributed by atoms with Crippen molar-refractivity contribution in [3.63, 3.8) is 0 Å². The summed E-state index contributed by atoms with van der Waals surface area (Å²) < 4.78 is 0. The van der Waals surface area contributed by atoms with Crippen LogP contribution in [0.3, 0.4) is 0 Å². The fourth-order valence-corrected chi connectivity index (χ4v) is 3.23. The van der Waals surface area contributed by atoms with Gasteiger partial charge < -0.3 is 15.4 Å². The van der Waals surface area contributed by atoms with Crippen LogP contribution in [0.5, 0.6) is 0 Å². The first-order chi connectivity index (χ1) is 8.27. The highest BCUT2D eigenvalue weighted by Crippen LogP contribution is 2.37. The fraction of sp³-hybridized carbons (Fsp3) is 0.615. The molecule has 0 atom stereocenters. The summed E-state index contributed by atoms with van der Waals surface area (Å²) in [7, 11) is 0. The molecule has 3 rings (SSSR count). The molecule has 0 aromatic carbocycles. The summed E-state index contributed by atoms with van der Waals surface area (Å²) in [4.78, 5) is 14.9. The maximum absolute atomic E-state index is 11.5. The number of carboxylic acid groups (broad SMARTS) is 1. The number of fused-ring (bicyclic) bond motifs is 1. The van der Waals surface area contributed by atoms with Crippen LogP contribution in [0.2, 0.25) is 0 Å². The zero-order valence-corrected chi connectivity index (χ0v) is 9.88. The minimum atomic E-state index is -0.758. The topological polar surface area (TPSA) is 65.1 Å². The Balaban J connectivity index is 2.06. The van der Waals surface area contributed by atoms with Gasteiger partial charge in [0.2, 0.25) is 0 Å². The SMILES string of the molecule is O=C(O)c1c(C2CCCC2)[nH]c2c1CCNC2. The van der Waals surface area contributed by atoms with Crippen LogP contribution in [-0.2, 0) is 13.0 Å². The predicted octanol–water partition coefficient (Wildman–Crippen LogP) is 2.02. The molecule has 0 spiro atoms. The van der Waals surface area contributed by atoms with Crippen molar-refractivity contribution in [1.29, 1.82) is 0 Å². The van der Waals surface area contributed by atoms with E-state index in [4.69, 9.17) is 0 Å². The van der Waals surface area contributed by atoms with Gasteiger partial charge in [-0.2, -0.15) is 0 Å². The van der Waals surface area contributed by atoms with Crippen molar-refractivity contribution in [3.8, 4) is 0 Å². The molecule has 0 bridgehead atoms. The molecule has 3 N–H and O–H groups in total. The van der Waals surface area contributed by atoms with Crippen molar-refractivity contribution in [2.45, 2.75) is 44.6 Å². The van der Waals surface area contributed by atoms with Gasteiger partial charge in [-0.3, -0.25) is 0 Å². The summed E-state index contributed by atoms with van der Waals surface area (Å²) in [5, 5.41) is 12.7. The molecule has 0 saturated heterocycles. The van der Waals surface area contributed by atoms with Crippen molar-refractivity contribution in [2.75, 3.05) is 6.54 Å². The highest BCUT2D eigenvalue weighted by Gasteiger charge is 2.29. The molecule has 0 radical (unpaired) electrons. The Bertz CT molecular complexity index is 445. The van der Waals surface area contributed by atoms with Gasteiger partial charge in [0.25, 0.3) is 0 Å². The van der Waals surface area contributed by atoms with Gasteiger partial charge in [0.15, 0.2) is 0 Å². The summed E-state index contributed by atoms with van der Waals surface area (Å²) in [6.45, 7) is 1.66. The van der Waals surface area contributed by atoms with Gasteiger partial charge in [0, 0.05) is 17.9 Å². The highest BCUT2D eigenvalue weighted by atomic mass is 16.4. The Labute approximate surface area is 100 Å². The Morgan fingerprint density at radius 1 is 1.29 bits per heavy atom. The number of aromatic amines is 1. The standard InChI is InChI=1S/C13H18N2O2/c16-13(17)11-9-5-6-14-7-10(9)15-12(11)8-3-1-2-4-8/h8,14-15H,1-7H2,(H,16,17). The molecule has 1 aliphatic heterocycles. The summed E-state index contributed by atoms with van der Waals surface area (Å²) >= 11 is 0. The smallest absolute Gasteiger partial charge is 0.337 e. The van der Waals surface area contributed by atoms with Gasteiger partial charge in [0.1, 0.15) is 0 Å². The van der Waals surface area contributed by atoms with Crippen LogP contribution >= 0.6 is 0 Å². The van der Waals surface area contributed by atoms with Crippen molar-refractivity contribution in [2.24, 2.45) is 0 Å². The van der Waals surface area contributed by atoms with Crippen LogP contribution in [0, 0.1) is 0 Å². The number of carboxylic acids is 1. The summed E-state index contributed by atoms with van der Waals surface area (Å²) in [6, 6.07) is 0. The molecule has 1 aliphatic carbocycles. The second kappa shape index (κ2) is 4.18. The van der Waals surface area contributed by atoms with Crippen LogP contribution in [-0.4, -0.2) is 22.6 Å². The first-order valence-corrected chi connectivity index (χ1v) is 6.45. The average Bonchev–Trinajstić information content (AvgIpc) is 2.95. The van der Waals surface area contributed by atoms with Crippen molar-refractivity contribution < 1.29 is 9.90 Å². The molecule has 4 heteroatoms. The molecule has 17 heavy (non-hydrogen) atoms. The lowest BCUT2D eigenvalue weighted by atomic mass is 9.96. The van der Waals surface area contributed by atoms with E-state index in [2.05, 4.69) is 10.3 Å². The Morgan fingerprint density at radius 3 is 2.76 bits per heavy atom. The second-order valence-corrected chi connectivity index (χ2v) is 5.08. The van der Waals surface area contributed by atoms with E-state index in [9.17, 15) is 9.90 Å². The van der Waals surface area contributed by atoms with Gasteiger partial charge in [-0.1, -0.05) is 12.8 Å². The first-order valence-electron chi connectivity index (χ1n) is 6.45. The highest BCUT2D eigenvalue weighted by molar-refractivity contribution is 5.91. The molecule has 1 saturated carbocycles. The third-order valence-electron chi connectivity index (χ3n) is 4.05. The van der Waals surface area contributed by atoms with Gasteiger partial charge in [-0.05, 0) is 37.3 Å². The molecule has 1 aromatic rings. The molecular weight excluding hydrogens is 216 g/mol. The normalized spacial score (nSPS) is 20.5. The molecule has 0 unspecified atom stereocenters. The van der Waals surface area contributed by atoms with E-state index in [0.717, 1.165) is 49.3 Å². The lowest BCUT2D eigenvalue weighted by Crippen LogP contribution is -2.24. The van der Waals surface area contributed by atoms with Crippen LogP contribution in [0.4, 0.5) is 0 Å². The Morgan fingerprint density at radius 2 is 2.06 bits per heavy atom. The summed E-state index contributed by atoms with van der Waals surface area (Å²) in [6.07, 6.45) is 5.55. The average molecular weight is 234 g/mol. The number of hydrogen-bond donors (Lipinski definition) is 3. The molecular formula is C13H18N2O2. The van der Waals surface area contributed by atoms with E-state index in [1.165, 1.54) is 12.8 Å². The number of nitrogens with one attached hydrogen (secondary N) is 2. The lowest BCUT2D eigenvalue weighted by molar-refractivity contribution is 0.0694. The third kappa shape index (κ3) is 1.76.